The minimum atomic E-state index is -0.635. The molecule has 108 valence electrons. The maximum Gasteiger partial charge on any atom is 0.316 e. The highest BCUT2D eigenvalue weighted by molar-refractivity contribution is 5.96. The number of benzene rings is 1. The average Bonchev–Trinajstić information content (AvgIpc) is 2.41. The van der Waals surface area contributed by atoms with Gasteiger partial charge in [0.05, 0.1) is 0 Å². The van der Waals surface area contributed by atoms with Crippen molar-refractivity contribution in [2.24, 2.45) is 11.7 Å². The van der Waals surface area contributed by atoms with E-state index >= 15 is 0 Å². The zero-order valence-electron chi connectivity index (χ0n) is 11.7. The highest BCUT2D eigenvalue weighted by Gasteiger charge is 2.20. The van der Waals surface area contributed by atoms with Crippen LogP contribution in [0.25, 0.3) is 0 Å². The van der Waals surface area contributed by atoms with Crippen molar-refractivity contribution in [1.29, 1.82) is 0 Å². The van der Waals surface area contributed by atoms with Gasteiger partial charge in [-0.3, -0.25) is 4.79 Å². The van der Waals surface area contributed by atoms with Crippen LogP contribution in [0.2, 0.25) is 0 Å². The number of carbonyl (C=O) groups excluding carboxylic acids is 2. The van der Waals surface area contributed by atoms with E-state index in [0.29, 0.717) is 11.3 Å². The Bertz CT molecular complexity index is 494. The molecule has 5 heteroatoms. The van der Waals surface area contributed by atoms with E-state index in [0.717, 1.165) is 31.6 Å². The van der Waals surface area contributed by atoms with Crippen LogP contribution in [0.15, 0.2) is 24.3 Å². The van der Waals surface area contributed by atoms with Crippen molar-refractivity contribution in [3.8, 4) is 0 Å². The summed E-state index contributed by atoms with van der Waals surface area (Å²) in [6, 6.07) is 6.40. The number of urea groups is 1. The fourth-order valence-corrected chi connectivity index (χ4v) is 2.55. The molecule has 2 rings (SSSR count). The first-order valence-corrected chi connectivity index (χ1v) is 7.02. The van der Waals surface area contributed by atoms with Gasteiger partial charge in [-0.2, -0.15) is 0 Å². The van der Waals surface area contributed by atoms with Gasteiger partial charge in [0.1, 0.15) is 0 Å². The number of nitrogens with two attached hydrogens (primary N) is 1. The normalized spacial score (nSPS) is 22.1. The largest absolute Gasteiger partial charge is 0.351 e. The molecule has 0 aromatic heterocycles. The minimum Gasteiger partial charge on any atom is -0.351 e. The molecule has 0 bridgehead atoms. The first-order chi connectivity index (χ1) is 9.54. The van der Waals surface area contributed by atoms with Crippen LogP contribution in [0.1, 0.15) is 43.0 Å². The van der Waals surface area contributed by atoms with Crippen molar-refractivity contribution in [3.05, 3.63) is 29.8 Å². The third kappa shape index (κ3) is 3.98. The fourth-order valence-electron chi connectivity index (χ4n) is 2.55. The lowest BCUT2D eigenvalue weighted by Crippen LogP contribution is -2.37. The number of hydrogen-bond acceptors (Lipinski definition) is 2. The van der Waals surface area contributed by atoms with Crippen LogP contribution in [0.3, 0.4) is 0 Å². The molecular weight excluding hydrogens is 254 g/mol. The summed E-state index contributed by atoms with van der Waals surface area (Å²) in [4.78, 5) is 23.0. The van der Waals surface area contributed by atoms with E-state index < -0.39 is 6.03 Å². The molecule has 0 heterocycles. The van der Waals surface area contributed by atoms with Crippen molar-refractivity contribution in [1.82, 2.24) is 5.32 Å². The van der Waals surface area contributed by atoms with Crippen LogP contribution in [0.4, 0.5) is 10.5 Å². The highest BCUT2D eigenvalue weighted by atomic mass is 16.2. The maximum atomic E-state index is 12.2. The monoisotopic (exact) mass is 275 g/mol. The maximum absolute atomic E-state index is 12.2. The number of hydrogen-bond donors (Lipinski definition) is 3. The molecule has 0 radical (unpaired) electrons. The zero-order chi connectivity index (χ0) is 14.5. The Morgan fingerprint density at radius 3 is 2.55 bits per heavy atom. The summed E-state index contributed by atoms with van der Waals surface area (Å²) < 4.78 is 0. The molecule has 1 aromatic carbocycles. The van der Waals surface area contributed by atoms with E-state index in [-0.39, 0.29) is 11.9 Å². The van der Waals surface area contributed by atoms with Crippen molar-refractivity contribution in [3.63, 3.8) is 0 Å². The molecule has 20 heavy (non-hydrogen) atoms. The molecule has 0 spiro atoms. The zero-order valence-corrected chi connectivity index (χ0v) is 11.7. The van der Waals surface area contributed by atoms with Crippen molar-refractivity contribution in [2.75, 3.05) is 5.32 Å². The number of rotatable bonds is 3. The third-order valence-corrected chi connectivity index (χ3v) is 3.74. The van der Waals surface area contributed by atoms with Crippen LogP contribution in [0, 0.1) is 5.92 Å². The lowest BCUT2D eigenvalue weighted by Gasteiger charge is -2.26. The fraction of sp³-hybridized carbons (Fsp3) is 0.467. The lowest BCUT2D eigenvalue weighted by molar-refractivity contribution is 0.0923. The Morgan fingerprint density at radius 1 is 1.20 bits per heavy atom. The summed E-state index contributed by atoms with van der Waals surface area (Å²) in [5, 5.41) is 5.52. The molecule has 0 atom stereocenters. The number of anilines is 1. The van der Waals surface area contributed by atoms with Crippen LogP contribution >= 0.6 is 0 Å². The standard InChI is InChI=1S/C15H21N3O2/c1-10-5-7-12(8-6-10)17-14(19)11-3-2-4-13(9-11)18-15(16)20/h2-4,9-10,12H,5-8H2,1H3,(H,17,19)(H3,16,18,20). The molecule has 0 aliphatic heterocycles. The van der Waals surface area contributed by atoms with Gasteiger partial charge >= 0.3 is 6.03 Å². The average molecular weight is 275 g/mol. The third-order valence-electron chi connectivity index (χ3n) is 3.74. The van der Waals surface area contributed by atoms with Gasteiger partial charge in [0.25, 0.3) is 5.91 Å². The first kappa shape index (κ1) is 14.4. The smallest absolute Gasteiger partial charge is 0.316 e. The van der Waals surface area contributed by atoms with Crippen LogP contribution in [-0.4, -0.2) is 18.0 Å². The van der Waals surface area contributed by atoms with Gasteiger partial charge in [-0.25, -0.2) is 4.79 Å². The van der Waals surface area contributed by atoms with Gasteiger partial charge in [0.15, 0.2) is 0 Å². The van der Waals surface area contributed by atoms with Crippen molar-refractivity contribution in [2.45, 2.75) is 38.6 Å². The van der Waals surface area contributed by atoms with Gasteiger partial charge in [0, 0.05) is 17.3 Å². The summed E-state index contributed by atoms with van der Waals surface area (Å²) in [5.41, 5.74) is 6.13. The molecule has 0 saturated heterocycles. The summed E-state index contributed by atoms with van der Waals surface area (Å²) >= 11 is 0. The number of primary amides is 1. The van der Waals surface area contributed by atoms with Gasteiger partial charge in [-0.1, -0.05) is 13.0 Å². The van der Waals surface area contributed by atoms with E-state index in [9.17, 15) is 9.59 Å². The number of amides is 3. The predicted octanol–water partition coefficient (Wildman–Crippen LogP) is 2.49. The molecule has 3 amide bonds. The van der Waals surface area contributed by atoms with Crippen LogP contribution in [-0.2, 0) is 0 Å². The Kier molecular flexibility index (Phi) is 4.61. The van der Waals surface area contributed by atoms with E-state index in [4.69, 9.17) is 5.73 Å². The van der Waals surface area contributed by atoms with E-state index in [1.807, 2.05) is 0 Å². The second-order valence-corrected chi connectivity index (χ2v) is 5.50. The van der Waals surface area contributed by atoms with E-state index in [1.165, 1.54) is 0 Å². The molecule has 1 aliphatic carbocycles. The number of carbonyl (C=O) groups is 2. The predicted molar refractivity (Wildman–Crippen MR) is 78.5 cm³/mol. The molecule has 1 aromatic rings. The molecule has 1 saturated carbocycles. The first-order valence-electron chi connectivity index (χ1n) is 7.02. The Hall–Kier alpha value is -2.04. The van der Waals surface area contributed by atoms with Crippen LogP contribution in [0.5, 0.6) is 0 Å². The van der Waals surface area contributed by atoms with Gasteiger partial charge in [-0.15, -0.1) is 0 Å². The molecule has 1 aliphatic rings. The lowest BCUT2D eigenvalue weighted by atomic mass is 9.87. The topological polar surface area (TPSA) is 84.2 Å². The van der Waals surface area contributed by atoms with Gasteiger partial charge < -0.3 is 16.4 Å². The molecule has 5 nitrogen and oxygen atoms in total. The summed E-state index contributed by atoms with van der Waals surface area (Å²) in [6.45, 7) is 2.25. The van der Waals surface area contributed by atoms with Crippen molar-refractivity contribution >= 4 is 17.6 Å². The Labute approximate surface area is 118 Å². The Balaban J connectivity index is 1.96. The summed E-state index contributed by atoms with van der Waals surface area (Å²) in [7, 11) is 0. The Morgan fingerprint density at radius 2 is 1.90 bits per heavy atom. The number of nitrogens with one attached hydrogen (secondary N) is 2. The van der Waals surface area contributed by atoms with Crippen molar-refractivity contribution < 1.29 is 9.59 Å². The highest BCUT2D eigenvalue weighted by Crippen LogP contribution is 2.23. The van der Waals surface area contributed by atoms with Gasteiger partial charge in [-0.05, 0) is 49.8 Å². The SMILES string of the molecule is CC1CCC(NC(=O)c2cccc(NC(N)=O)c2)CC1. The second kappa shape index (κ2) is 6.41. The molecule has 1 fully saturated rings. The molecular formula is C15H21N3O2. The quantitative estimate of drug-likeness (QED) is 0.791. The second-order valence-electron chi connectivity index (χ2n) is 5.50. The summed E-state index contributed by atoms with van der Waals surface area (Å²) in [5.74, 6) is 0.656. The van der Waals surface area contributed by atoms with E-state index in [1.54, 1.807) is 24.3 Å². The minimum absolute atomic E-state index is 0.0994. The molecule has 0 unspecified atom stereocenters. The van der Waals surface area contributed by atoms with Crippen LogP contribution < -0.4 is 16.4 Å². The molecule has 4 N–H and O–H groups in total. The van der Waals surface area contributed by atoms with E-state index in [2.05, 4.69) is 17.6 Å². The van der Waals surface area contributed by atoms with Gasteiger partial charge in [0.2, 0.25) is 0 Å². The summed E-state index contributed by atoms with van der Waals surface area (Å²) in [6.07, 6.45) is 4.39.